The highest BCUT2D eigenvalue weighted by Crippen LogP contribution is 2.42. The van der Waals surface area contributed by atoms with Gasteiger partial charge in [0, 0.05) is 24.9 Å². The summed E-state index contributed by atoms with van der Waals surface area (Å²) in [5.74, 6) is 1.34. The average Bonchev–Trinajstić information content (AvgIpc) is 3.05. The summed E-state index contributed by atoms with van der Waals surface area (Å²) in [4.78, 5) is 7.71. The number of hydrogen-bond acceptors (Lipinski definition) is 3. The predicted molar refractivity (Wildman–Crippen MR) is 71.3 cm³/mol. The third kappa shape index (κ3) is 2.07. The Balaban J connectivity index is 2.14. The van der Waals surface area contributed by atoms with E-state index in [4.69, 9.17) is 12.2 Å². The Labute approximate surface area is 112 Å². The van der Waals surface area contributed by atoms with Crippen molar-refractivity contribution in [2.45, 2.75) is 18.8 Å². The van der Waals surface area contributed by atoms with E-state index < -0.39 is 0 Å². The molecule has 0 spiro atoms. The summed E-state index contributed by atoms with van der Waals surface area (Å²) in [6, 6.07) is 1.93. The van der Waals surface area contributed by atoms with E-state index in [-0.39, 0.29) is 0 Å². The van der Waals surface area contributed by atoms with Gasteiger partial charge in [0.15, 0.2) is 5.82 Å². The molecule has 1 aliphatic rings. The van der Waals surface area contributed by atoms with Crippen molar-refractivity contribution in [3.05, 3.63) is 27.1 Å². The van der Waals surface area contributed by atoms with Gasteiger partial charge in [0.05, 0.1) is 4.47 Å². The number of H-pyrrole nitrogens is 1. The molecule has 0 unspecified atom stereocenters. The van der Waals surface area contributed by atoms with Gasteiger partial charge in [0.2, 0.25) is 0 Å². The van der Waals surface area contributed by atoms with Crippen LogP contribution in [-0.4, -0.2) is 19.7 Å². The second-order valence-electron chi connectivity index (χ2n) is 4.27. The lowest BCUT2D eigenvalue weighted by Gasteiger charge is -2.05. The van der Waals surface area contributed by atoms with Crippen LogP contribution in [0.4, 0.5) is 0 Å². The second-order valence-corrected chi connectivity index (χ2v) is 5.45. The molecule has 0 aromatic carbocycles. The molecule has 0 aliphatic heterocycles. The Bertz CT molecular complexity index is 627. The third-order valence-electron chi connectivity index (χ3n) is 2.83. The lowest BCUT2D eigenvalue weighted by Crippen LogP contribution is -1.98. The van der Waals surface area contributed by atoms with E-state index in [1.54, 1.807) is 4.68 Å². The molecule has 0 bridgehead atoms. The van der Waals surface area contributed by atoms with Gasteiger partial charge < -0.3 is 4.98 Å². The molecule has 1 aliphatic carbocycles. The molecule has 0 saturated heterocycles. The standard InChI is InChI=1S/C11H11BrN4S/c1-16-5-4-7(15-16)10-13-9(6-2-3-6)8(12)11(17)14-10/h4-6H,2-3H2,1H3,(H,13,14,17). The topological polar surface area (TPSA) is 46.5 Å². The van der Waals surface area contributed by atoms with Crippen molar-refractivity contribution < 1.29 is 0 Å². The Morgan fingerprint density at radius 3 is 2.88 bits per heavy atom. The summed E-state index contributed by atoms with van der Waals surface area (Å²) in [6.45, 7) is 0. The quantitative estimate of drug-likeness (QED) is 0.867. The largest absolute Gasteiger partial charge is 0.340 e. The fourth-order valence-electron chi connectivity index (χ4n) is 1.79. The van der Waals surface area contributed by atoms with Crippen LogP contribution in [0.1, 0.15) is 24.5 Å². The molecule has 6 heteroatoms. The summed E-state index contributed by atoms with van der Waals surface area (Å²) in [5, 5.41) is 4.33. The first-order valence-corrected chi connectivity index (χ1v) is 6.65. The third-order valence-corrected chi connectivity index (χ3v) is 4.19. The maximum absolute atomic E-state index is 5.27. The van der Waals surface area contributed by atoms with E-state index in [9.17, 15) is 0 Å². The maximum atomic E-state index is 5.27. The molecular weight excluding hydrogens is 300 g/mol. The highest BCUT2D eigenvalue weighted by Gasteiger charge is 2.27. The average molecular weight is 311 g/mol. The highest BCUT2D eigenvalue weighted by molar-refractivity contribution is 9.10. The number of aromatic nitrogens is 4. The highest BCUT2D eigenvalue weighted by atomic mass is 79.9. The molecule has 17 heavy (non-hydrogen) atoms. The minimum Gasteiger partial charge on any atom is -0.340 e. The Morgan fingerprint density at radius 2 is 2.29 bits per heavy atom. The second kappa shape index (κ2) is 4.03. The molecule has 4 nitrogen and oxygen atoms in total. The minimum absolute atomic E-state index is 0.594. The van der Waals surface area contributed by atoms with Gasteiger partial charge in [-0.15, -0.1) is 0 Å². The molecule has 2 aromatic heterocycles. The molecular formula is C11H11BrN4S. The molecule has 88 valence electrons. The van der Waals surface area contributed by atoms with Crippen LogP contribution < -0.4 is 0 Å². The van der Waals surface area contributed by atoms with Crippen molar-refractivity contribution in [3.8, 4) is 11.5 Å². The smallest absolute Gasteiger partial charge is 0.159 e. The molecule has 0 radical (unpaired) electrons. The van der Waals surface area contributed by atoms with Crippen molar-refractivity contribution in [2.75, 3.05) is 0 Å². The number of nitrogens with one attached hydrogen (secondary N) is 1. The van der Waals surface area contributed by atoms with Crippen LogP contribution >= 0.6 is 28.1 Å². The first-order chi connectivity index (χ1) is 8.15. The minimum atomic E-state index is 0.594. The summed E-state index contributed by atoms with van der Waals surface area (Å²) in [6.07, 6.45) is 4.33. The predicted octanol–water partition coefficient (Wildman–Crippen LogP) is 3.18. The number of hydrogen-bond donors (Lipinski definition) is 1. The van der Waals surface area contributed by atoms with E-state index in [1.807, 2.05) is 19.3 Å². The summed E-state index contributed by atoms with van der Waals surface area (Å²) in [5.41, 5.74) is 1.98. The molecule has 3 rings (SSSR count). The Kier molecular flexibility index (Phi) is 2.63. The van der Waals surface area contributed by atoms with Crippen molar-refractivity contribution in [3.63, 3.8) is 0 Å². The zero-order valence-electron chi connectivity index (χ0n) is 9.27. The van der Waals surface area contributed by atoms with Gasteiger partial charge in [-0.2, -0.15) is 5.10 Å². The van der Waals surface area contributed by atoms with Gasteiger partial charge in [-0.3, -0.25) is 4.68 Å². The summed E-state index contributed by atoms with van der Waals surface area (Å²) >= 11 is 8.78. The van der Waals surface area contributed by atoms with Crippen molar-refractivity contribution in [1.29, 1.82) is 0 Å². The molecule has 0 amide bonds. The molecule has 1 fully saturated rings. The van der Waals surface area contributed by atoms with Crippen molar-refractivity contribution in [2.24, 2.45) is 7.05 Å². The number of aromatic amines is 1. The lowest BCUT2D eigenvalue weighted by atomic mass is 10.3. The first kappa shape index (κ1) is 11.1. The van der Waals surface area contributed by atoms with Crippen molar-refractivity contribution >= 4 is 28.1 Å². The van der Waals surface area contributed by atoms with Crippen LogP contribution in [0.2, 0.25) is 0 Å². The van der Waals surface area contributed by atoms with E-state index >= 15 is 0 Å². The number of rotatable bonds is 2. The maximum Gasteiger partial charge on any atom is 0.159 e. The van der Waals surface area contributed by atoms with Crippen LogP contribution in [-0.2, 0) is 7.05 Å². The molecule has 2 heterocycles. The first-order valence-electron chi connectivity index (χ1n) is 5.45. The Morgan fingerprint density at radius 1 is 1.53 bits per heavy atom. The van der Waals surface area contributed by atoms with E-state index in [0.717, 1.165) is 21.7 Å². The van der Waals surface area contributed by atoms with E-state index in [2.05, 4.69) is 31.0 Å². The lowest BCUT2D eigenvalue weighted by molar-refractivity contribution is 0.767. The van der Waals surface area contributed by atoms with Gasteiger partial charge >= 0.3 is 0 Å². The fourth-order valence-corrected chi connectivity index (χ4v) is 2.50. The van der Waals surface area contributed by atoms with Crippen LogP contribution in [0.5, 0.6) is 0 Å². The number of halogens is 1. The van der Waals surface area contributed by atoms with Crippen LogP contribution in [0.25, 0.3) is 11.5 Å². The van der Waals surface area contributed by atoms with Gasteiger partial charge in [-0.05, 0) is 34.8 Å². The SMILES string of the molecule is Cn1ccc(-c2nc(=S)c(Br)c(C3CC3)[nH]2)n1. The van der Waals surface area contributed by atoms with Gasteiger partial charge in [-0.1, -0.05) is 12.2 Å². The fraction of sp³-hybridized carbons (Fsp3) is 0.364. The zero-order chi connectivity index (χ0) is 12.0. The normalized spacial score (nSPS) is 15.2. The van der Waals surface area contributed by atoms with E-state index in [0.29, 0.717) is 10.6 Å². The van der Waals surface area contributed by atoms with Crippen LogP contribution in [0, 0.1) is 4.64 Å². The molecule has 0 atom stereocenters. The number of nitrogens with zero attached hydrogens (tertiary/aromatic N) is 3. The van der Waals surface area contributed by atoms with Crippen LogP contribution in [0.15, 0.2) is 16.7 Å². The zero-order valence-corrected chi connectivity index (χ0v) is 11.7. The number of aryl methyl sites for hydroxylation is 1. The molecule has 1 saturated carbocycles. The van der Waals surface area contributed by atoms with Gasteiger partial charge in [-0.25, -0.2) is 4.98 Å². The Hall–Kier alpha value is -1.01. The monoisotopic (exact) mass is 310 g/mol. The van der Waals surface area contributed by atoms with E-state index in [1.165, 1.54) is 12.8 Å². The molecule has 1 N–H and O–H groups in total. The van der Waals surface area contributed by atoms with Crippen molar-refractivity contribution in [1.82, 2.24) is 19.7 Å². The van der Waals surface area contributed by atoms with Gasteiger partial charge in [0.1, 0.15) is 10.3 Å². The van der Waals surface area contributed by atoms with Crippen LogP contribution in [0.3, 0.4) is 0 Å². The summed E-state index contributed by atoms with van der Waals surface area (Å²) < 4.78 is 3.29. The van der Waals surface area contributed by atoms with Gasteiger partial charge in [0.25, 0.3) is 0 Å². The molecule has 2 aromatic rings. The summed E-state index contributed by atoms with van der Waals surface area (Å²) in [7, 11) is 1.89.